The van der Waals surface area contributed by atoms with Crippen LogP contribution in [0.1, 0.15) is 38.1 Å². The smallest absolute Gasteiger partial charge is 0.406 e. The lowest BCUT2D eigenvalue weighted by Crippen LogP contribution is -2.43. The van der Waals surface area contributed by atoms with Gasteiger partial charge in [0.15, 0.2) is 12.4 Å². The molecule has 170 valence electrons. The van der Waals surface area contributed by atoms with Crippen LogP contribution in [-0.2, 0) is 21.6 Å². The van der Waals surface area contributed by atoms with Crippen molar-refractivity contribution in [2.45, 2.75) is 50.9 Å². The Morgan fingerprint density at radius 1 is 1.31 bits per heavy atom. The van der Waals surface area contributed by atoms with Gasteiger partial charge in [0.25, 0.3) is 6.02 Å². The van der Waals surface area contributed by atoms with Crippen molar-refractivity contribution in [2.24, 2.45) is 0 Å². The van der Waals surface area contributed by atoms with E-state index in [4.69, 9.17) is 10.1 Å². The molecule has 8 nitrogen and oxygen atoms in total. The number of carbonyl (C=O) groups excluding carboxylic acids is 1. The Morgan fingerprint density at radius 2 is 1.97 bits per heavy atom. The van der Waals surface area contributed by atoms with E-state index in [1.807, 2.05) is 0 Å². The minimum atomic E-state index is -4.48. The summed E-state index contributed by atoms with van der Waals surface area (Å²) < 4.78 is 43.7. The van der Waals surface area contributed by atoms with Crippen LogP contribution in [0.3, 0.4) is 0 Å². The molecule has 4 rings (SSSR count). The Hall–Kier alpha value is -3.37. The quantitative estimate of drug-likeness (QED) is 0.534. The van der Waals surface area contributed by atoms with Crippen molar-refractivity contribution >= 4 is 23.4 Å². The van der Waals surface area contributed by atoms with Gasteiger partial charge >= 0.3 is 6.18 Å². The van der Waals surface area contributed by atoms with E-state index in [-0.39, 0.29) is 24.1 Å². The molecule has 2 aromatic rings. The second-order valence-corrected chi connectivity index (χ2v) is 8.19. The number of nitrogens with one attached hydrogen (secondary N) is 1. The van der Waals surface area contributed by atoms with Crippen LogP contribution in [0.25, 0.3) is 0 Å². The number of amides is 1. The zero-order valence-corrected chi connectivity index (χ0v) is 17.5. The molecule has 0 bridgehead atoms. The summed E-state index contributed by atoms with van der Waals surface area (Å²) in [6.07, 6.45) is -1.57. The van der Waals surface area contributed by atoms with Crippen LogP contribution in [0.5, 0.6) is 5.75 Å². The second-order valence-electron chi connectivity index (χ2n) is 8.19. The molecule has 1 aliphatic carbocycles. The minimum absolute atomic E-state index is 0.0607. The highest BCUT2D eigenvalue weighted by atomic mass is 19.4. The molecule has 2 N–H and O–H groups in total. The van der Waals surface area contributed by atoms with E-state index in [9.17, 15) is 23.1 Å². The van der Waals surface area contributed by atoms with E-state index >= 15 is 0 Å². The number of halogens is 3. The van der Waals surface area contributed by atoms with Crippen LogP contribution in [-0.4, -0.2) is 50.7 Å². The average molecular weight is 449 g/mol. The van der Waals surface area contributed by atoms with Crippen LogP contribution in [0.15, 0.2) is 30.5 Å². The SMILES string of the molecule is CC(C)N(CC(F)(F)F)C(=N)OCc1ncc2c(n1)N(c1ccc(O)cc1)C(=O)C21CC1. The van der Waals surface area contributed by atoms with Gasteiger partial charge in [0.2, 0.25) is 5.91 Å². The number of aromatic nitrogens is 2. The van der Waals surface area contributed by atoms with Gasteiger partial charge in [0.05, 0.1) is 11.1 Å². The van der Waals surface area contributed by atoms with Crippen LogP contribution in [0, 0.1) is 5.41 Å². The third kappa shape index (κ3) is 3.94. The van der Waals surface area contributed by atoms with Crippen LogP contribution in [0.4, 0.5) is 24.7 Å². The molecular formula is C21H22F3N5O3. The predicted octanol–water partition coefficient (Wildman–Crippen LogP) is 3.62. The summed E-state index contributed by atoms with van der Waals surface area (Å²) in [5, 5.41) is 17.5. The molecule has 11 heteroatoms. The number of aromatic hydroxyl groups is 1. The minimum Gasteiger partial charge on any atom is -0.508 e. The summed E-state index contributed by atoms with van der Waals surface area (Å²) in [5.74, 6) is 0.452. The highest BCUT2D eigenvalue weighted by molar-refractivity contribution is 6.13. The standard InChI is InChI=1S/C21H22F3N5O3/c1-12(2)28(11-21(22,23)24)19(25)32-10-16-26-9-15-17(27-16)29(18(31)20(15)7-8-20)13-3-5-14(30)6-4-13/h3-6,9,12,25,30H,7-8,10-11H2,1-2H3. The number of phenols is 1. The van der Waals surface area contributed by atoms with Gasteiger partial charge < -0.3 is 14.7 Å². The third-order valence-electron chi connectivity index (χ3n) is 5.59. The van der Waals surface area contributed by atoms with Crippen molar-refractivity contribution in [3.05, 3.63) is 41.9 Å². The number of amidine groups is 1. The molecular weight excluding hydrogens is 427 g/mol. The molecule has 1 aliphatic heterocycles. The van der Waals surface area contributed by atoms with Gasteiger partial charge in [-0.2, -0.15) is 13.2 Å². The summed E-state index contributed by atoms with van der Waals surface area (Å²) in [4.78, 5) is 24.0. The van der Waals surface area contributed by atoms with Crippen LogP contribution >= 0.6 is 0 Å². The molecule has 0 radical (unpaired) electrons. The van der Waals surface area contributed by atoms with Crippen molar-refractivity contribution in [3.63, 3.8) is 0 Å². The monoisotopic (exact) mass is 449 g/mol. The Morgan fingerprint density at radius 3 is 2.53 bits per heavy atom. The number of phenolic OH excluding ortho intramolecular Hbond substituents is 1. The fraction of sp³-hybridized carbons (Fsp3) is 0.429. The van der Waals surface area contributed by atoms with Crippen molar-refractivity contribution in [1.82, 2.24) is 14.9 Å². The number of alkyl halides is 3. The molecule has 0 saturated heterocycles. The van der Waals surface area contributed by atoms with Crippen LogP contribution < -0.4 is 4.90 Å². The third-order valence-corrected chi connectivity index (χ3v) is 5.59. The number of fused-ring (bicyclic) bond motifs is 2. The number of nitrogens with zero attached hydrogens (tertiary/aromatic N) is 4. The average Bonchev–Trinajstić information content (AvgIpc) is 3.48. The lowest BCUT2D eigenvalue weighted by molar-refractivity contribution is -0.142. The Bertz CT molecular complexity index is 1050. The first kappa shape index (κ1) is 21.8. The number of hydrogen-bond donors (Lipinski definition) is 2. The van der Waals surface area contributed by atoms with Gasteiger partial charge in [-0.3, -0.25) is 15.1 Å². The molecule has 1 spiro atoms. The normalized spacial score (nSPS) is 16.4. The molecule has 2 aliphatic rings. The largest absolute Gasteiger partial charge is 0.508 e. The topological polar surface area (TPSA) is 103 Å². The lowest BCUT2D eigenvalue weighted by Gasteiger charge is -2.28. The van der Waals surface area contributed by atoms with Gasteiger partial charge in [0, 0.05) is 17.8 Å². The number of hydrogen-bond acceptors (Lipinski definition) is 6. The molecule has 1 fully saturated rings. The predicted molar refractivity (Wildman–Crippen MR) is 109 cm³/mol. The number of carbonyl (C=O) groups is 1. The summed E-state index contributed by atoms with van der Waals surface area (Å²) in [6, 6.07) is 4.91. The van der Waals surface area contributed by atoms with Gasteiger partial charge in [-0.05, 0) is 51.0 Å². The van der Waals surface area contributed by atoms with Gasteiger partial charge in [-0.15, -0.1) is 0 Å². The fourth-order valence-corrected chi connectivity index (χ4v) is 3.76. The van der Waals surface area contributed by atoms with E-state index in [0.717, 1.165) is 4.90 Å². The van der Waals surface area contributed by atoms with Crippen molar-refractivity contribution in [1.29, 1.82) is 5.41 Å². The maximum Gasteiger partial charge on any atom is 0.406 e. The van der Waals surface area contributed by atoms with Crippen LogP contribution in [0.2, 0.25) is 0 Å². The zero-order valence-electron chi connectivity index (χ0n) is 17.5. The molecule has 2 heterocycles. The van der Waals surface area contributed by atoms with Crippen molar-refractivity contribution in [2.75, 3.05) is 11.4 Å². The highest BCUT2D eigenvalue weighted by Gasteiger charge is 2.60. The maximum absolute atomic E-state index is 13.1. The number of rotatable bonds is 5. The summed E-state index contributed by atoms with van der Waals surface area (Å²) in [5.41, 5.74) is 0.572. The summed E-state index contributed by atoms with van der Waals surface area (Å²) in [6.45, 7) is 1.44. The van der Waals surface area contributed by atoms with E-state index < -0.39 is 30.2 Å². The Labute approximate surface area is 182 Å². The zero-order chi connectivity index (χ0) is 23.3. The van der Waals surface area contributed by atoms with E-state index in [1.165, 1.54) is 30.9 Å². The summed E-state index contributed by atoms with van der Waals surface area (Å²) in [7, 11) is 0. The molecule has 0 atom stereocenters. The van der Waals surface area contributed by atoms with Gasteiger partial charge in [-0.1, -0.05) is 0 Å². The molecule has 32 heavy (non-hydrogen) atoms. The molecule has 1 amide bonds. The fourth-order valence-electron chi connectivity index (χ4n) is 3.76. The maximum atomic E-state index is 13.1. The van der Waals surface area contributed by atoms with Crippen molar-refractivity contribution in [3.8, 4) is 5.75 Å². The van der Waals surface area contributed by atoms with E-state index in [2.05, 4.69) is 9.97 Å². The van der Waals surface area contributed by atoms with E-state index in [0.29, 0.717) is 29.9 Å². The first-order valence-corrected chi connectivity index (χ1v) is 10.1. The number of benzene rings is 1. The Kier molecular flexibility index (Phi) is 5.22. The molecule has 0 unspecified atom stereocenters. The first-order valence-electron chi connectivity index (χ1n) is 10.1. The summed E-state index contributed by atoms with van der Waals surface area (Å²) >= 11 is 0. The first-order chi connectivity index (χ1) is 15.0. The van der Waals surface area contributed by atoms with Crippen molar-refractivity contribution < 1.29 is 27.8 Å². The van der Waals surface area contributed by atoms with Gasteiger partial charge in [0.1, 0.15) is 18.1 Å². The molecule has 1 aromatic carbocycles. The van der Waals surface area contributed by atoms with E-state index in [1.54, 1.807) is 18.3 Å². The number of ether oxygens (including phenoxy) is 1. The second kappa shape index (κ2) is 7.64. The number of anilines is 2. The highest BCUT2D eigenvalue weighted by Crippen LogP contribution is 2.58. The lowest BCUT2D eigenvalue weighted by atomic mass is 10.0. The molecule has 1 saturated carbocycles. The Balaban J connectivity index is 1.56. The van der Waals surface area contributed by atoms with Gasteiger partial charge in [-0.25, -0.2) is 9.97 Å². The molecule has 1 aromatic heterocycles.